The largest absolute Gasteiger partial charge is 0.504 e. The Kier molecular flexibility index (Phi) is 2.68. The van der Waals surface area contributed by atoms with E-state index < -0.39 is 5.75 Å². The normalized spacial score (nSPS) is 10.5. The summed E-state index contributed by atoms with van der Waals surface area (Å²) in [6.07, 6.45) is 0. The van der Waals surface area contributed by atoms with Crippen LogP contribution in [0.2, 0.25) is 0 Å². The third kappa shape index (κ3) is 1.91. The van der Waals surface area contributed by atoms with Gasteiger partial charge in [0, 0.05) is 5.56 Å². The lowest BCUT2D eigenvalue weighted by atomic mass is 9.97. The molecule has 0 radical (unpaired) electrons. The van der Waals surface area contributed by atoms with Gasteiger partial charge >= 0.3 is 0 Å². The molecule has 0 heterocycles. The van der Waals surface area contributed by atoms with Gasteiger partial charge in [-0.1, -0.05) is 23.8 Å². The zero-order valence-electron chi connectivity index (χ0n) is 9.73. The Bertz CT molecular complexity index is 574. The van der Waals surface area contributed by atoms with Crippen molar-refractivity contribution in [2.45, 2.75) is 13.8 Å². The number of phenols is 3. The molecule has 2 aromatic carbocycles. The SMILES string of the molecule is Cc1ccc(C)c(-c2ccc(O)c(O)c2O)c1. The van der Waals surface area contributed by atoms with Crippen LogP contribution in [0.1, 0.15) is 11.1 Å². The van der Waals surface area contributed by atoms with Crippen LogP contribution in [0.15, 0.2) is 30.3 Å². The molecule has 0 aliphatic carbocycles. The Morgan fingerprint density at radius 3 is 2.18 bits per heavy atom. The third-order valence-electron chi connectivity index (χ3n) is 2.81. The molecule has 2 aromatic rings. The number of aromatic hydroxyl groups is 3. The molecule has 17 heavy (non-hydrogen) atoms. The van der Waals surface area contributed by atoms with Crippen LogP contribution in [0.5, 0.6) is 17.2 Å². The van der Waals surface area contributed by atoms with Crippen molar-refractivity contribution in [3.05, 3.63) is 41.5 Å². The van der Waals surface area contributed by atoms with Gasteiger partial charge in [-0.05, 0) is 37.1 Å². The highest BCUT2D eigenvalue weighted by atomic mass is 16.3. The molecule has 0 saturated carbocycles. The van der Waals surface area contributed by atoms with Crippen LogP contribution < -0.4 is 0 Å². The summed E-state index contributed by atoms with van der Waals surface area (Å²) in [4.78, 5) is 0. The van der Waals surface area contributed by atoms with Crippen molar-refractivity contribution in [3.63, 3.8) is 0 Å². The number of hydrogen-bond donors (Lipinski definition) is 3. The summed E-state index contributed by atoms with van der Waals surface area (Å²) in [5.74, 6) is -1.10. The maximum Gasteiger partial charge on any atom is 0.200 e. The zero-order chi connectivity index (χ0) is 12.6. The zero-order valence-corrected chi connectivity index (χ0v) is 9.73. The molecule has 0 aliphatic heterocycles. The van der Waals surface area contributed by atoms with Gasteiger partial charge < -0.3 is 15.3 Å². The van der Waals surface area contributed by atoms with Crippen LogP contribution in [-0.4, -0.2) is 15.3 Å². The van der Waals surface area contributed by atoms with E-state index in [1.807, 2.05) is 32.0 Å². The van der Waals surface area contributed by atoms with E-state index in [4.69, 9.17) is 0 Å². The molecule has 3 nitrogen and oxygen atoms in total. The first-order chi connectivity index (χ1) is 8.00. The molecule has 0 bridgehead atoms. The number of hydrogen-bond acceptors (Lipinski definition) is 3. The minimum Gasteiger partial charge on any atom is -0.504 e. The van der Waals surface area contributed by atoms with Crippen molar-refractivity contribution < 1.29 is 15.3 Å². The Labute approximate surface area is 99.6 Å². The van der Waals surface area contributed by atoms with Gasteiger partial charge in [-0.15, -0.1) is 0 Å². The first kappa shape index (κ1) is 11.3. The van der Waals surface area contributed by atoms with Gasteiger partial charge in [0.25, 0.3) is 0 Å². The van der Waals surface area contributed by atoms with Gasteiger partial charge in [-0.3, -0.25) is 0 Å². The van der Waals surface area contributed by atoms with E-state index in [1.165, 1.54) is 6.07 Å². The summed E-state index contributed by atoms with van der Waals surface area (Å²) >= 11 is 0. The van der Waals surface area contributed by atoms with Gasteiger partial charge in [0.15, 0.2) is 11.5 Å². The Hall–Kier alpha value is -2.16. The quantitative estimate of drug-likeness (QED) is 0.660. The average molecular weight is 230 g/mol. The van der Waals surface area contributed by atoms with E-state index in [1.54, 1.807) is 6.07 Å². The second kappa shape index (κ2) is 4.01. The molecule has 0 atom stereocenters. The molecule has 0 aliphatic rings. The Morgan fingerprint density at radius 1 is 0.765 bits per heavy atom. The summed E-state index contributed by atoms with van der Waals surface area (Å²) in [6, 6.07) is 8.82. The standard InChI is InChI=1S/C14H14O3/c1-8-3-4-9(2)11(7-8)10-5-6-12(15)14(17)13(10)16/h3-7,15-17H,1-2H3. The average Bonchev–Trinajstić information content (AvgIpc) is 2.30. The maximum absolute atomic E-state index is 9.84. The van der Waals surface area contributed by atoms with Crippen molar-refractivity contribution in [2.24, 2.45) is 0 Å². The molecular formula is C14H14O3. The number of benzene rings is 2. The molecule has 0 unspecified atom stereocenters. The van der Waals surface area contributed by atoms with E-state index >= 15 is 0 Å². The number of rotatable bonds is 1. The Balaban J connectivity index is 2.69. The van der Waals surface area contributed by atoms with Crippen molar-refractivity contribution in [1.82, 2.24) is 0 Å². The van der Waals surface area contributed by atoms with E-state index in [0.717, 1.165) is 16.7 Å². The Morgan fingerprint density at radius 2 is 1.47 bits per heavy atom. The van der Waals surface area contributed by atoms with Crippen molar-refractivity contribution in [2.75, 3.05) is 0 Å². The molecule has 88 valence electrons. The predicted molar refractivity (Wildman–Crippen MR) is 66.3 cm³/mol. The molecule has 3 N–H and O–H groups in total. The molecule has 0 aromatic heterocycles. The van der Waals surface area contributed by atoms with Gasteiger partial charge in [-0.25, -0.2) is 0 Å². The first-order valence-electron chi connectivity index (χ1n) is 5.32. The molecule has 2 rings (SSSR count). The van der Waals surface area contributed by atoms with Crippen LogP contribution in [0.4, 0.5) is 0 Å². The summed E-state index contributed by atoms with van der Waals surface area (Å²) < 4.78 is 0. The fourth-order valence-corrected chi connectivity index (χ4v) is 1.81. The second-order valence-corrected chi connectivity index (χ2v) is 4.15. The molecular weight excluding hydrogens is 216 g/mol. The lowest BCUT2D eigenvalue weighted by Gasteiger charge is -2.11. The highest BCUT2D eigenvalue weighted by Gasteiger charge is 2.13. The van der Waals surface area contributed by atoms with Crippen molar-refractivity contribution >= 4 is 0 Å². The molecule has 0 spiro atoms. The number of phenolic OH excluding ortho intramolecular Hbond substituents is 3. The number of aryl methyl sites for hydroxylation is 2. The van der Waals surface area contributed by atoms with Crippen LogP contribution in [0, 0.1) is 13.8 Å². The summed E-state index contributed by atoms with van der Waals surface area (Å²) in [7, 11) is 0. The topological polar surface area (TPSA) is 60.7 Å². The van der Waals surface area contributed by atoms with Gasteiger partial charge in [0.05, 0.1) is 0 Å². The highest BCUT2D eigenvalue weighted by Crippen LogP contribution is 2.42. The van der Waals surface area contributed by atoms with E-state index in [0.29, 0.717) is 5.56 Å². The lowest BCUT2D eigenvalue weighted by Crippen LogP contribution is -1.86. The van der Waals surface area contributed by atoms with E-state index in [9.17, 15) is 15.3 Å². The summed E-state index contributed by atoms with van der Waals surface area (Å²) in [6.45, 7) is 3.89. The molecule has 0 saturated heterocycles. The highest BCUT2D eigenvalue weighted by molar-refractivity contribution is 5.77. The summed E-state index contributed by atoms with van der Waals surface area (Å²) in [5.41, 5.74) is 3.42. The minimum atomic E-state index is -0.483. The van der Waals surface area contributed by atoms with Gasteiger partial charge in [-0.2, -0.15) is 0 Å². The van der Waals surface area contributed by atoms with Crippen LogP contribution >= 0.6 is 0 Å². The molecule has 0 fully saturated rings. The van der Waals surface area contributed by atoms with Crippen LogP contribution in [-0.2, 0) is 0 Å². The van der Waals surface area contributed by atoms with Gasteiger partial charge in [0.1, 0.15) is 0 Å². The first-order valence-corrected chi connectivity index (χ1v) is 5.32. The second-order valence-electron chi connectivity index (χ2n) is 4.15. The summed E-state index contributed by atoms with van der Waals surface area (Å²) in [5, 5.41) is 28.6. The minimum absolute atomic E-state index is 0.293. The smallest absolute Gasteiger partial charge is 0.200 e. The van der Waals surface area contributed by atoms with Crippen molar-refractivity contribution in [1.29, 1.82) is 0 Å². The van der Waals surface area contributed by atoms with Crippen LogP contribution in [0.25, 0.3) is 11.1 Å². The predicted octanol–water partition coefficient (Wildman–Crippen LogP) is 3.09. The van der Waals surface area contributed by atoms with Crippen molar-refractivity contribution in [3.8, 4) is 28.4 Å². The molecule has 0 amide bonds. The monoisotopic (exact) mass is 230 g/mol. The maximum atomic E-state index is 9.84. The fourth-order valence-electron chi connectivity index (χ4n) is 1.81. The lowest BCUT2D eigenvalue weighted by molar-refractivity contribution is 0.369. The molecule has 3 heteroatoms. The van der Waals surface area contributed by atoms with Gasteiger partial charge in [0.2, 0.25) is 5.75 Å². The van der Waals surface area contributed by atoms with Crippen LogP contribution in [0.3, 0.4) is 0 Å². The van der Waals surface area contributed by atoms with E-state index in [-0.39, 0.29) is 11.5 Å². The third-order valence-corrected chi connectivity index (χ3v) is 2.81. The fraction of sp³-hybridized carbons (Fsp3) is 0.143. The van der Waals surface area contributed by atoms with E-state index in [2.05, 4.69) is 0 Å².